The largest absolute Gasteiger partial charge is 0.488 e. The number of hydrogen-bond acceptors (Lipinski definition) is 3. The molecular weight excluding hydrogens is 514 g/mol. The minimum atomic E-state index is -0.147. The average Bonchev–Trinajstić information content (AvgIpc) is 3.01. The molecule has 2 unspecified atom stereocenters. The molecule has 0 bridgehead atoms. The number of allylic oxidation sites excluding steroid dienone is 2. The molecule has 42 heavy (non-hydrogen) atoms. The summed E-state index contributed by atoms with van der Waals surface area (Å²) >= 11 is 0. The van der Waals surface area contributed by atoms with Gasteiger partial charge in [0.1, 0.15) is 24.7 Å². The molecule has 0 heterocycles. The van der Waals surface area contributed by atoms with Gasteiger partial charge in [0.05, 0.1) is 17.6 Å². The molecule has 0 amide bonds. The number of ether oxygens (including phenoxy) is 2. The van der Waals surface area contributed by atoms with Crippen LogP contribution in [0.1, 0.15) is 108 Å². The van der Waals surface area contributed by atoms with E-state index in [-0.39, 0.29) is 11.3 Å². The summed E-state index contributed by atoms with van der Waals surface area (Å²) in [5.74, 6) is 2.12. The van der Waals surface area contributed by atoms with Crippen LogP contribution in [0.25, 0.3) is 5.57 Å². The van der Waals surface area contributed by atoms with E-state index in [1.165, 1.54) is 42.4 Å². The van der Waals surface area contributed by atoms with Crippen LogP contribution < -0.4 is 9.47 Å². The highest BCUT2D eigenvalue weighted by Crippen LogP contribution is 2.48. The van der Waals surface area contributed by atoms with Crippen molar-refractivity contribution in [1.82, 2.24) is 0 Å². The van der Waals surface area contributed by atoms with Gasteiger partial charge in [-0.1, -0.05) is 114 Å². The lowest BCUT2D eigenvalue weighted by Gasteiger charge is -2.31. The van der Waals surface area contributed by atoms with Crippen LogP contribution >= 0.6 is 0 Å². The lowest BCUT2D eigenvalue weighted by molar-refractivity contribution is 0.285. The van der Waals surface area contributed by atoms with E-state index in [9.17, 15) is 5.26 Å². The van der Waals surface area contributed by atoms with Crippen molar-refractivity contribution in [3.63, 3.8) is 0 Å². The highest BCUT2D eigenvalue weighted by atomic mass is 16.5. The summed E-state index contributed by atoms with van der Waals surface area (Å²) in [4.78, 5) is 0. The predicted octanol–water partition coefficient (Wildman–Crippen LogP) is 10.8. The molecule has 1 aliphatic carbocycles. The Kier molecular flexibility index (Phi) is 11.3. The quantitative estimate of drug-likeness (QED) is 0.183. The summed E-state index contributed by atoms with van der Waals surface area (Å²) in [5, 5.41) is 9.99. The zero-order chi connectivity index (χ0) is 30.0. The van der Waals surface area contributed by atoms with E-state index >= 15 is 0 Å². The Hall–Kier alpha value is -3.51. The Labute approximate surface area is 254 Å². The number of unbranched alkanes of at least 4 members (excludes halogenated alkanes) is 3. The summed E-state index contributed by atoms with van der Waals surface area (Å²) < 4.78 is 13.5. The number of nitrogens with zero attached hydrogens (tertiary/aromatic N) is 1. The molecule has 0 spiro atoms. The van der Waals surface area contributed by atoms with Gasteiger partial charge in [0.2, 0.25) is 0 Å². The molecule has 1 aliphatic rings. The molecule has 2 atom stereocenters. The van der Waals surface area contributed by atoms with Crippen molar-refractivity contribution in [2.75, 3.05) is 0 Å². The van der Waals surface area contributed by atoms with E-state index in [4.69, 9.17) is 9.47 Å². The fourth-order valence-electron chi connectivity index (χ4n) is 6.07. The first-order chi connectivity index (χ1) is 20.3. The van der Waals surface area contributed by atoms with Gasteiger partial charge in [0, 0.05) is 0 Å². The number of nitriles is 1. The molecule has 3 nitrogen and oxygen atoms in total. The van der Waals surface area contributed by atoms with Crippen molar-refractivity contribution in [2.45, 2.75) is 105 Å². The molecule has 0 saturated heterocycles. The van der Waals surface area contributed by atoms with E-state index in [1.807, 2.05) is 19.1 Å². The lowest BCUT2D eigenvalue weighted by atomic mass is 9.75. The third-order valence-electron chi connectivity index (χ3n) is 8.84. The van der Waals surface area contributed by atoms with Crippen molar-refractivity contribution in [3.05, 3.63) is 101 Å². The van der Waals surface area contributed by atoms with Crippen molar-refractivity contribution in [1.29, 1.82) is 5.26 Å². The number of benzene rings is 3. The first-order valence-electron chi connectivity index (χ1n) is 16.0. The maximum Gasteiger partial charge on any atom is 0.131 e. The predicted molar refractivity (Wildman–Crippen MR) is 174 cm³/mol. The maximum absolute atomic E-state index is 9.99. The van der Waals surface area contributed by atoms with E-state index in [0.717, 1.165) is 53.9 Å². The second-order valence-corrected chi connectivity index (χ2v) is 12.8. The molecule has 3 aromatic rings. The summed E-state index contributed by atoms with van der Waals surface area (Å²) in [6.45, 7) is 12.3. The van der Waals surface area contributed by atoms with Crippen molar-refractivity contribution < 1.29 is 9.47 Å². The van der Waals surface area contributed by atoms with Crippen LogP contribution in [0.15, 0.2) is 78.4 Å². The van der Waals surface area contributed by atoms with E-state index in [0.29, 0.717) is 19.1 Å². The third kappa shape index (κ3) is 8.28. The smallest absolute Gasteiger partial charge is 0.131 e. The van der Waals surface area contributed by atoms with E-state index < -0.39 is 0 Å². The second kappa shape index (κ2) is 15.1. The Balaban J connectivity index is 1.86. The normalized spacial score (nSPS) is 16.1. The van der Waals surface area contributed by atoms with Crippen LogP contribution in [0.5, 0.6) is 11.5 Å². The molecule has 3 aromatic carbocycles. The van der Waals surface area contributed by atoms with Crippen LogP contribution in [0.2, 0.25) is 0 Å². The van der Waals surface area contributed by atoms with Gasteiger partial charge in [0.15, 0.2) is 0 Å². The molecule has 0 aliphatic heterocycles. The molecule has 0 N–H and O–H groups in total. The fourth-order valence-corrected chi connectivity index (χ4v) is 6.07. The molecule has 0 fully saturated rings. The standard InChI is InChI=1S/C39H49NO2/c1-6-7-8-15-22-39(4,5)33-24-36(41-27-31-16-11-9-12-17-31)38(35-23-29(2)20-21-34(35)30(3)26-40)37(25-33)42-28-32-18-13-10-14-19-32/h9-14,16-19,24-25,29-30H,6-8,15,20-23,27-28H2,1-5H3. The molecule has 0 aromatic heterocycles. The minimum absolute atomic E-state index is 0.0288. The van der Waals surface area contributed by atoms with Gasteiger partial charge in [0.25, 0.3) is 0 Å². The topological polar surface area (TPSA) is 42.2 Å². The Morgan fingerprint density at radius 2 is 1.45 bits per heavy atom. The van der Waals surface area contributed by atoms with Gasteiger partial charge < -0.3 is 9.47 Å². The molecule has 0 saturated carbocycles. The van der Waals surface area contributed by atoms with Gasteiger partial charge >= 0.3 is 0 Å². The summed E-state index contributed by atoms with van der Waals surface area (Å²) in [6.07, 6.45) is 9.05. The van der Waals surface area contributed by atoms with Crippen LogP contribution in [-0.4, -0.2) is 0 Å². The fraction of sp³-hybridized carbons (Fsp3) is 0.462. The summed E-state index contributed by atoms with van der Waals surface area (Å²) in [7, 11) is 0. The SMILES string of the molecule is CCCCCCC(C)(C)c1cc(OCc2ccccc2)c(C2=C(C(C)C#N)CCC(C)C2)c(OCc2ccccc2)c1. The maximum atomic E-state index is 9.99. The van der Waals surface area contributed by atoms with Gasteiger partial charge in [-0.3, -0.25) is 0 Å². The second-order valence-electron chi connectivity index (χ2n) is 12.8. The number of rotatable bonds is 14. The van der Waals surface area contributed by atoms with E-state index in [2.05, 4.69) is 94.4 Å². The van der Waals surface area contributed by atoms with Crippen LogP contribution in [0.3, 0.4) is 0 Å². The summed E-state index contributed by atoms with van der Waals surface area (Å²) in [5.41, 5.74) is 6.99. The van der Waals surface area contributed by atoms with Crippen LogP contribution in [-0.2, 0) is 18.6 Å². The van der Waals surface area contributed by atoms with Gasteiger partial charge in [-0.25, -0.2) is 0 Å². The average molecular weight is 564 g/mol. The van der Waals surface area contributed by atoms with Crippen molar-refractivity contribution >= 4 is 5.57 Å². The van der Waals surface area contributed by atoms with Crippen molar-refractivity contribution in [3.8, 4) is 17.6 Å². The van der Waals surface area contributed by atoms with Gasteiger partial charge in [-0.15, -0.1) is 0 Å². The highest BCUT2D eigenvalue weighted by Gasteiger charge is 2.30. The monoisotopic (exact) mass is 563 g/mol. The zero-order valence-electron chi connectivity index (χ0n) is 26.4. The number of hydrogen-bond donors (Lipinski definition) is 0. The van der Waals surface area contributed by atoms with Gasteiger partial charge in [-0.2, -0.15) is 5.26 Å². The zero-order valence-corrected chi connectivity index (χ0v) is 26.4. The molecular formula is C39H49NO2. The van der Waals surface area contributed by atoms with Crippen LogP contribution in [0, 0.1) is 23.2 Å². The third-order valence-corrected chi connectivity index (χ3v) is 8.84. The molecule has 0 radical (unpaired) electrons. The molecule has 4 rings (SSSR count). The first-order valence-corrected chi connectivity index (χ1v) is 16.0. The Morgan fingerprint density at radius 1 is 0.881 bits per heavy atom. The Bertz CT molecular complexity index is 1290. The summed E-state index contributed by atoms with van der Waals surface area (Å²) in [6, 6.07) is 27.8. The van der Waals surface area contributed by atoms with Gasteiger partial charge in [-0.05, 0) is 83.9 Å². The Morgan fingerprint density at radius 3 is 1.98 bits per heavy atom. The van der Waals surface area contributed by atoms with Crippen molar-refractivity contribution in [2.24, 2.45) is 11.8 Å². The highest BCUT2D eigenvalue weighted by molar-refractivity contribution is 5.79. The first kappa shape index (κ1) is 31.4. The van der Waals surface area contributed by atoms with Crippen LogP contribution in [0.4, 0.5) is 0 Å². The van der Waals surface area contributed by atoms with E-state index in [1.54, 1.807) is 0 Å². The minimum Gasteiger partial charge on any atom is -0.488 e. The lowest BCUT2D eigenvalue weighted by Crippen LogP contribution is -2.19. The molecule has 222 valence electrons. The molecule has 3 heteroatoms.